The number of carbonyl (C=O) groups excluding carboxylic acids is 1. The van der Waals surface area contributed by atoms with Crippen molar-refractivity contribution in [3.05, 3.63) is 94.5 Å². The highest BCUT2D eigenvalue weighted by Crippen LogP contribution is 2.29. The molecule has 32 heavy (non-hydrogen) atoms. The maximum atomic E-state index is 12.7. The average Bonchev–Trinajstić information content (AvgIpc) is 2.77. The second kappa shape index (κ2) is 9.38. The summed E-state index contributed by atoms with van der Waals surface area (Å²) in [6.45, 7) is 0. The third-order valence-corrected chi connectivity index (χ3v) is 4.56. The number of carboxylic acid groups (broad SMARTS) is 1. The number of rotatable bonds is 6. The Hall–Kier alpha value is -4.07. The molecule has 0 aromatic heterocycles. The van der Waals surface area contributed by atoms with E-state index in [4.69, 9.17) is 4.74 Å². The van der Waals surface area contributed by atoms with Crippen molar-refractivity contribution in [3.63, 3.8) is 0 Å². The summed E-state index contributed by atoms with van der Waals surface area (Å²) in [6, 6.07) is 15.3. The Balaban J connectivity index is 1.85. The molecule has 0 bridgehead atoms. The molecule has 0 unspecified atom stereocenters. The number of alkyl halides is 3. The maximum absolute atomic E-state index is 12.7. The fourth-order valence-electron chi connectivity index (χ4n) is 2.90. The van der Waals surface area contributed by atoms with Gasteiger partial charge < -0.3 is 15.2 Å². The van der Waals surface area contributed by atoms with E-state index in [9.17, 15) is 27.9 Å². The largest absolute Gasteiger partial charge is 0.497 e. The minimum atomic E-state index is -4.52. The zero-order chi connectivity index (χ0) is 23.3. The maximum Gasteiger partial charge on any atom is 0.416 e. The van der Waals surface area contributed by atoms with Gasteiger partial charge in [-0.1, -0.05) is 30.4 Å². The Labute approximate surface area is 181 Å². The number of aromatic carboxylic acids is 1. The van der Waals surface area contributed by atoms with Gasteiger partial charge in [0, 0.05) is 5.56 Å². The highest BCUT2D eigenvalue weighted by molar-refractivity contribution is 6.08. The van der Waals surface area contributed by atoms with Crippen LogP contribution in [0.25, 0.3) is 12.2 Å². The molecule has 0 radical (unpaired) electrons. The van der Waals surface area contributed by atoms with Gasteiger partial charge in [0.25, 0.3) is 5.91 Å². The van der Waals surface area contributed by atoms with Gasteiger partial charge in [0.05, 0.1) is 23.9 Å². The number of hydrogen-bond acceptors (Lipinski definition) is 3. The van der Waals surface area contributed by atoms with E-state index in [1.165, 1.54) is 12.1 Å². The monoisotopic (exact) mass is 441 g/mol. The standard InChI is InChI=1S/C24H18F3NO4/c1-32-19-4-2-3-15(13-19)5-6-16-7-12-20(23(30)31)21(14-16)28-22(29)17-8-10-18(11-9-17)24(25,26)27/h2-14H,1H3,(H,28,29)(H,30,31). The first-order valence-electron chi connectivity index (χ1n) is 9.35. The Bertz CT molecular complexity index is 1170. The van der Waals surface area contributed by atoms with Crippen molar-refractivity contribution in [2.75, 3.05) is 12.4 Å². The van der Waals surface area contributed by atoms with Gasteiger partial charge in [-0.25, -0.2) is 4.79 Å². The Morgan fingerprint density at radius 2 is 1.59 bits per heavy atom. The lowest BCUT2D eigenvalue weighted by Gasteiger charge is -2.11. The molecule has 0 atom stereocenters. The molecule has 8 heteroatoms. The Kier molecular flexibility index (Phi) is 6.63. The van der Waals surface area contributed by atoms with Gasteiger partial charge in [-0.3, -0.25) is 4.79 Å². The van der Waals surface area contributed by atoms with Crippen molar-refractivity contribution in [2.45, 2.75) is 6.18 Å². The van der Waals surface area contributed by atoms with Crippen LogP contribution in [-0.2, 0) is 6.18 Å². The molecule has 0 saturated heterocycles. The quantitative estimate of drug-likeness (QED) is 0.472. The summed E-state index contributed by atoms with van der Waals surface area (Å²) < 4.78 is 43.3. The molecule has 3 aromatic rings. The first-order chi connectivity index (χ1) is 15.2. The van der Waals surface area contributed by atoms with Crippen LogP contribution in [0.4, 0.5) is 18.9 Å². The molecule has 5 nitrogen and oxygen atoms in total. The van der Waals surface area contributed by atoms with Crippen LogP contribution in [0.3, 0.4) is 0 Å². The topological polar surface area (TPSA) is 75.6 Å². The molecular formula is C24H18F3NO4. The molecule has 0 heterocycles. The number of amides is 1. The van der Waals surface area contributed by atoms with E-state index in [0.29, 0.717) is 11.3 Å². The highest BCUT2D eigenvalue weighted by Gasteiger charge is 2.30. The van der Waals surface area contributed by atoms with Crippen LogP contribution in [0.15, 0.2) is 66.7 Å². The van der Waals surface area contributed by atoms with E-state index in [0.717, 1.165) is 29.8 Å². The van der Waals surface area contributed by atoms with Crippen molar-refractivity contribution in [1.82, 2.24) is 0 Å². The van der Waals surface area contributed by atoms with E-state index < -0.39 is 23.6 Å². The number of anilines is 1. The van der Waals surface area contributed by atoms with E-state index in [2.05, 4.69) is 5.32 Å². The second-order valence-corrected chi connectivity index (χ2v) is 6.75. The average molecular weight is 441 g/mol. The van der Waals surface area contributed by atoms with Crippen LogP contribution in [0.2, 0.25) is 0 Å². The van der Waals surface area contributed by atoms with Crippen LogP contribution >= 0.6 is 0 Å². The third kappa shape index (κ3) is 5.54. The van der Waals surface area contributed by atoms with Crippen LogP contribution < -0.4 is 10.1 Å². The zero-order valence-electron chi connectivity index (χ0n) is 16.8. The van der Waals surface area contributed by atoms with Crippen LogP contribution in [0.5, 0.6) is 5.75 Å². The van der Waals surface area contributed by atoms with Crippen molar-refractivity contribution in [2.24, 2.45) is 0 Å². The summed E-state index contributed by atoms with van der Waals surface area (Å²) in [7, 11) is 1.55. The number of methoxy groups -OCH3 is 1. The number of ether oxygens (including phenoxy) is 1. The molecule has 0 aliphatic carbocycles. The summed E-state index contributed by atoms with van der Waals surface area (Å²) in [4.78, 5) is 24.0. The SMILES string of the molecule is COc1cccc(C=Cc2ccc(C(=O)O)c(NC(=O)c3ccc(C(F)(F)F)cc3)c2)c1. The predicted octanol–water partition coefficient (Wildman–Crippen LogP) is 5.83. The van der Waals surface area contributed by atoms with Crippen molar-refractivity contribution in [1.29, 1.82) is 0 Å². The number of carbonyl (C=O) groups is 2. The van der Waals surface area contributed by atoms with Crippen molar-refractivity contribution < 1.29 is 32.6 Å². The normalized spacial score (nSPS) is 11.4. The molecule has 3 rings (SSSR count). The number of benzene rings is 3. The molecule has 0 saturated carbocycles. The molecule has 164 valence electrons. The van der Waals surface area contributed by atoms with E-state index in [1.807, 2.05) is 18.2 Å². The molecule has 0 fully saturated rings. The molecule has 1 amide bonds. The summed E-state index contributed by atoms with van der Waals surface area (Å²) in [6.07, 6.45) is -0.997. The van der Waals surface area contributed by atoms with Gasteiger partial charge >= 0.3 is 12.1 Å². The Morgan fingerprint density at radius 1 is 0.938 bits per heavy atom. The van der Waals surface area contributed by atoms with E-state index in [1.54, 1.807) is 31.4 Å². The summed E-state index contributed by atoms with van der Waals surface area (Å²) in [5.41, 5.74) is 0.415. The van der Waals surface area contributed by atoms with Crippen LogP contribution in [-0.4, -0.2) is 24.1 Å². The number of nitrogens with one attached hydrogen (secondary N) is 1. The fraction of sp³-hybridized carbons (Fsp3) is 0.0833. The molecule has 2 N–H and O–H groups in total. The van der Waals surface area contributed by atoms with Crippen molar-refractivity contribution >= 4 is 29.7 Å². The minimum absolute atomic E-state index is 0.0233. The first kappa shape index (κ1) is 22.6. The zero-order valence-corrected chi connectivity index (χ0v) is 16.8. The lowest BCUT2D eigenvalue weighted by molar-refractivity contribution is -0.137. The molecule has 0 spiro atoms. The first-order valence-corrected chi connectivity index (χ1v) is 9.35. The highest BCUT2D eigenvalue weighted by atomic mass is 19.4. The fourth-order valence-corrected chi connectivity index (χ4v) is 2.90. The second-order valence-electron chi connectivity index (χ2n) is 6.75. The van der Waals surface area contributed by atoms with Crippen LogP contribution in [0.1, 0.15) is 37.4 Å². The number of hydrogen-bond donors (Lipinski definition) is 2. The number of carboxylic acids is 1. The minimum Gasteiger partial charge on any atom is -0.497 e. The summed E-state index contributed by atoms with van der Waals surface area (Å²) >= 11 is 0. The summed E-state index contributed by atoms with van der Waals surface area (Å²) in [5, 5.41) is 11.9. The van der Waals surface area contributed by atoms with E-state index >= 15 is 0 Å². The third-order valence-electron chi connectivity index (χ3n) is 4.56. The van der Waals surface area contributed by atoms with Gasteiger partial charge in [-0.05, 0) is 59.7 Å². The van der Waals surface area contributed by atoms with Gasteiger partial charge in [0.15, 0.2) is 0 Å². The smallest absolute Gasteiger partial charge is 0.416 e. The molecule has 0 aliphatic rings. The predicted molar refractivity (Wildman–Crippen MR) is 115 cm³/mol. The van der Waals surface area contributed by atoms with Gasteiger partial charge in [0.2, 0.25) is 0 Å². The molecule has 3 aromatic carbocycles. The lowest BCUT2D eigenvalue weighted by atomic mass is 10.1. The van der Waals surface area contributed by atoms with Crippen LogP contribution in [0, 0.1) is 0 Å². The molecule has 0 aliphatic heterocycles. The summed E-state index contributed by atoms with van der Waals surface area (Å²) in [5.74, 6) is -1.30. The van der Waals surface area contributed by atoms with Gasteiger partial charge in [-0.2, -0.15) is 13.2 Å². The van der Waals surface area contributed by atoms with Crippen molar-refractivity contribution in [3.8, 4) is 5.75 Å². The number of halogens is 3. The van der Waals surface area contributed by atoms with E-state index in [-0.39, 0.29) is 16.8 Å². The Morgan fingerprint density at radius 3 is 2.19 bits per heavy atom. The molecular weight excluding hydrogens is 423 g/mol. The lowest BCUT2D eigenvalue weighted by Crippen LogP contribution is -2.15. The van der Waals surface area contributed by atoms with Gasteiger partial charge in [0.1, 0.15) is 5.75 Å². The van der Waals surface area contributed by atoms with Gasteiger partial charge in [-0.15, -0.1) is 0 Å².